The fourth-order valence-corrected chi connectivity index (χ4v) is 4.35. The lowest BCUT2D eigenvalue weighted by Crippen LogP contribution is -2.51. The summed E-state index contributed by atoms with van der Waals surface area (Å²) in [5, 5.41) is 3.05. The summed E-state index contributed by atoms with van der Waals surface area (Å²) in [6.45, 7) is 3.02. The zero-order chi connectivity index (χ0) is 18.7. The molecule has 6 nitrogen and oxygen atoms in total. The molecule has 1 aromatic heterocycles. The first-order chi connectivity index (χ1) is 13.1. The van der Waals surface area contributed by atoms with Gasteiger partial charge in [-0.15, -0.1) is 0 Å². The quantitative estimate of drug-likeness (QED) is 0.863. The highest BCUT2D eigenvalue weighted by molar-refractivity contribution is 5.93. The van der Waals surface area contributed by atoms with Gasteiger partial charge in [0.15, 0.2) is 0 Å². The third kappa shape index (κ3) is 4.67. The van der Waals surface area contributed by atoms with E-state index in [1.54, 1.807) is 24.5 Å². The molecule has 6 heteroatoms. The van der Waals surface area contributed by atoms with Crippen molar-refractivity contribution >= 4 is 11.8 Å². The molecule has 146 valence electrons. The van der Waals surface area contributed by atoms with E-state index in [9.17, 15) is 9.59 Å². The molecule has 0 radical (unpaired) electrons. The Hall–Kier alpha value is -1.95. The first-order valence-corrected chi connectivity index (χ1v) is 10.2. The van der Waals surface area contributed by atoms with Crippen LogP contribution in [-0.2, 0) is 9.53 Å². The predicted octanol–water partition coefficient (Wildman–Crippen LogP) is 2.40. The molecular formula is C21H29N3O3. The van der Waals surface area contributed by atoms with Crippen LogP contribution in [0.5, 0.6) is 0 Å². The van der Waals surface area contributed by atoms with Crippen LogP contribution >= 0.6 is 0 Å². The van der Waals surface area contributed by atoms with Gasteiger partial charge in [0.05, 0.1) is 11.2 Å². The third-order valence-electron chi connectivity index (χ3n) is 6.26. The van der Waals surface area contributed by atoms with Gasteiger partial charge < -0.3 is 15.0 Å². The Kier molecular flexibility index (Phi) is 5.43. The predicted molar refractivity (Wildman–Crippen MR) is 101 cm³/mol. The van der Waals surface area contributed by atoms with Crippen LogP contribution in [0.25, 0.3) is 0 Å². The molecule has 3 heterocycles. The number of ether oxygens (including phenoxy) is 1. The van der Waals surface area contributed by atoms with Crippen LogP contribution in [-0.4, -0.2) is 53.5 Å². The highest BCUT2D eigenvalue weighted by Gasteiger charge is 2.41. The van der Waals surface area contributed by atoms with Crippen LogP contribution in [0.2, 0.25) is 0 Å². The van der Waals surface area contributed by atoms with E-state index in [1.165, 1.54) is 12.8 Å². The summed E-state index contributed by atoms with van der Waals surface area (Å²) in [7, 11) is 0. The maximum absolute atomic E-state index is 12.3. The van der Waals surface area contributed by atoms with Crippen molar-refractivity contribution < 1.29 is 14.3 Å². The minimum atomic E-state index is -0.113. The highest BCUT2D eigenvalue weighted by atomic mass is 16.5. The Balaban J connectivity index is 1.25. The minimum absolute atomic E-state index is 0.0656. The number of amides is 2. The van der Waals surface area contributed by atoms with Gasteiger partial charge in [-0.2, -0.15) is 0 Å². The lowest BCUT2D eigenvalue weighted by Gasteiger charge is -2.46. The average molecular weight is 371 g/mol. The SMILES string of the molecule is O=C(NCC1CCOC2(CCN(C(=O)CC3CC3)CC2)C1)c1cccnc1. The molecule has 4 rings (SSSR count). The molecule has 27 heavy (non-hydrogen) atoms. The van der Waals surface area contributed by atoms with Crippen LogP contribution < -0.4 is 5.32 Å². The molecule has 2 saturated heterocycles. The summed E-state index contributed by atoms with van der Waals surface area (Å²) in [4.78, 5) is 30.6. The normalized spacial score (nSPS) is 24.6. The van der Waals surface area contributed by atoms with Crippen LogP contribution in [0.3, 0.4) is 0 Å². The molecule has 2 aliphatic heterocycles. The number of piperidine rings is 1. The molecule has 3 fully saturated rings. The zero-order valence-corrected chi connectivity index (χ0v) is 15.9. The van der Waals surface area contributed by atoms with Gasteiger partial charge in [0.1, 0.15) is 0 Å². The van der Waals surface area contributed by atoms with Gasteiger partial charge in [0.2, 0.25) is 5.91 Å². The van der Waals surface area contributed by atoms with Crippen LogP contribution in [0.4, 0.5) is 0 Å². The zero-order valence-electron chi connectivity index (χ0n) is 15.9. The maximum Gasteiger partial charge on any atom is 0.252 e. The average Bonchev–Trinajstić information content (AvgIpc) is 3.51. The fraction of sp³-hybridized carbons (Fsp3) is 0.667. The van der Waals surface area contributed by atoms with Gasteiger partial charge in [0, 0.05) is 45.1 Å². The summed E-state index contributed by atoms with van der Waals surface area (Å²) in [5.41, 5.74) is 0.486. The molecule has 0 bridgehead atoms. The van der Waals surface area contributed by atoms with Gasteiger partial charge in [-0.1, -0.05) is 0 Å². The molecule has 0 aromatic carbocycles. The van der Waals surface area contributed by atoms with Gasteiger partial charge in [0.25, 0.3) is 5.91 Å². The van der Waals surface area contributed by atoms with E-state index < -0.39 is 0 Å². The monoisotopic (exact) mass is 371 g/mol. The first kappa shape index (κ1) is 18.4. The molecule has 1 saturated carbocycles. The topological polar surface area (TPSA) is 71.5 Å². The Labute approximate surface area is 160 Å². The number of pyridine rings is 1. The van der Waals surface area contributed by atoms with Crippen molar-refractivity contribution in [2.45, 2.75) is 50.5 Å². The highest BCUT2D eigenvalue weighted by Crippen LogP contribution is 2.38. The lowest BCUT2D eigenvalue weighted by molar-refractivity contribution is -0.147. The number of carbonyl (C=O) groups excluding carboxylic acids is 2. The molecule has 1 N–H and O–H groups in total. The minimum Gasteiger partial charge on any atom is -0.375 e. The van der Waals surface area contributed by atoms with Crippen molar-refractivity contribution in [1.29, 1.82) is 0 Å². The Morgan fingerprint density at radius 2 is 2.04 bits per heavy atom. The molecule has 1 aliphatic carbocycles. The van der Waals surface area contributed by atoms with Crippen LogP contribution in [0.15, 0.2) is 24.5 Å². The van der Waals surface area contributed by atoms with Crippen molar-refractivity contribution in [3.05, 3.63) is 30.1 Å². The summed E-state index contributed by atoms with van der Waals surface area (Å²) >= 11 is 0. The van der Waals surface area contributed by atoms with E-state index in [2.05, 4.69) is 10.3 Å². The molecule has 1 unspecified atom stereocenters. The van der Waals surface area contributed by atoms with Gasteiger partial charge >= 0.3 is 0 Å². The second kappa shape index (κ2) is 7.97. The number of aromatic nitrogens is 1. The van der Waals surface area contributed by atoms with Gasteiger partial charge in [-0.3, -0.25) is 14.6 Å². The molecule has 1 atom stereocenters. The van der Waals surface area contributed by atoms with Crippen molar-refractivity contribution in [1.82, 2.24) is 15.2 Å². The Morgan fingerprint density at radius 3 is 2.74 bits per heavy atom. The van der Waals surface area contributed by atoms with Crippen molar-refractivity contribution in [3.63, 3.8) is 0 Å². The molecule has 1 spiro atoms. The largest absolute Gasteiger partial charge is 0.375 e. The Bertz CT molecular complexity index is 667. The van der Waals surface area contributed by atoms with Crippen molar-refractivity contribution in [2.24, 2.45) is 11.8 Å². The second-order valence-corrected chi connectivity index (χ2v) is 8.37. The first-order valence-electron chi connectivity index (χ1n) is 10.2. The summed E-state index contributed by atoms with van der Waals surface area (Å²) in [6.07, 6.45) is 10.2. The summed E-state index contributed by atoms with van der Waals surface area (Å²) < 4.78 is 6.19. The van der Waals surface area contributed by atoms with E-state index in [1.807, 2.05) is 4.90 Å². The molecule has 2 amide bonds. The van der Waals surface area contributed by atoms with E-state index in [4.69, 9.17) is 4.74 Å². The number of nitrogens with one attached hydrogen (secondary N) is 1. The number of likely N-dealkylation sites (tertiary alicyclic amines) is 1. The standard InChI is InChI=1S/C21H29N3O3/c25-19(12-16-3-4-16)24-9-6-21(7-10-24)13-17(5-11-27-21)14-23-20(26)18-2-1-8-22-15-18/h1-2,8,15-17H,3-7,9-14H2,(H,23,26). The van der Waals surface area contributed by atoms with Crippen molar-refractivity contribution in [3.8, 4) is 0 Å². The van der Waals surface area contributed by atoms with Gasteiger partial charge in [-0.25, -0.2) is 0 Å². The molecule has 3 aliphatic rings. The maximum atomic E-state index is 12.3. The number of rotatable bonds is 5. The van der Waals surface area contributed by atoms with E-state index in [0.717, 1.165) is 51.8 Å². The lowest BCUT2D eigenvalue weighted by atomic mass is 9.79. The van der Waals surface area contributed by atoms with Crippen LogP contribution in [0, 0.1) is 11.8 Å². The fourth-order valence-electron chi connectivity index (χ4n) is 4.35. The Morgan fingerprint density at radius 1 is 1.22 bits per heavy atom. The van der Waals surface area contributed by atoms with E-state index in [-0.39, 0.29) is 11.5 Å². The third-order valence-corrected chi connectivity index (χ3v) is 6.26. The molecular weight excluding hydrogens is 342 g/mol. The summed E-state index contributed by atoms with van der Waals surface area (Å²) in [5.74, 6) is 1.33. The van der Waals surface area contributed by atoms with E-state index in [0.29, 0.717) is 29.9 Å². The van der Waals surface area contributed by atoms with Crippen LogP contribution in [0.1, 0.15) is 55.3 Å². The number of hydrogen-bond donors (Lipinski definition) is 1. The second-order valence-electron chi connectivity index (χ2n) is 8.37. The number of nitrogens with zero attached hydrogens (tertiary/aromatic N) is 2. The number of carbonyl (C=O) groups is 2. The van der Waals surface area contributed by atoms with E-state index >= 15 is 0 Å². The van der Waals surface area contributed by atoms with Gasteiger partial charge in [-0.05, 0) is 62.5 Å². The summed E-state index contributed by atoms with van der Waals surface area (Å²) in [6, 6.07) is 3.55. The number of hydrogen-bond acceptors (Lipinski definition) is 4. The molecule has 1 aromatic rings. The smallest absolute Gasteiger partial charge is 0.252 e. The van der Waals surface area contributed by atoms with Crippen molar-refractivity contribution in [2.75, 3.05) is 26.2 Å².